The van der Waals surface area contributed by atoms with Crippen molar-refractivity contribution in [3.8, 4) is 11.8 Å². The highest BCUT2D eigenvalue weighted by atomic mass is 79.9. The molecule has 0 spiro atoms. The first kappa shape index (κ1) is 21.8. The molecule has 0 aliphatic carbocycles. The van der Waals surface area contributed by atoms with Gasteiger partial charge in [0.15, 0.2) is 0 Å². The van der Waals surface area contributed by atoms with Crippen LogP contribution in [0.4, 0.5) is 5.69 Å². The number of rotatable bonds is 7. The van der Waals surface area contributed by atoms with E-state index in [1.54, 1.807) is 54.6 Å². The van der Waals surface area contributed by atoms with Gasteiger partial charge in [-0.3, -0.25) is 4.79 Å². The Morgan fingerprint density at radius 2 is 1.81 bits per heavy atom. The maximum absolute atomic E-state index is 12.5. The van der Waals surface area contributed by atoms with Crippen LogP contribution in [0.25, 0.3) is 6.08 Å². The summed E-state index contributed by atoms with van der Waals surface area (Å²) in [5.41, 5.74) is 2.06. The molecule has 0 atom stereocenters. The van der Waals surface area contributed by atoms with Gasteiger partial charge in [0.2, 0.25) is 0 Å². The van der Waals surface area contributed by atoms with Gasteiger partial charge in [0, 0.05) is 15.7 Å². The van der Waals surface area contributed by atoms with E-state index in [9.17, 15) is 14.9 Å². The number of nitrogens with one attached hydrogen (secondary N) is 1. The predicted molar refractivity (Wildman–Crippen MR) is 121 cm³/mol. The number of hydrogen-bond acceptors (Lipinski definition) is 4. The lowest BCUT2D eigenvalue weighted by molar-refractivity contribution is -0.112. The van der Waals surface area contributed by atoms with Crippen LogP contribution in [0.2, 0.25) is 0 Å². The van der Waals surface area contributed by atoms with Gasteiger partial charge in [0.25, 0.3) is 5.91 Å². The van der Waals surface area contributed by atoms with E-state index < -0.39 is 11.9 Å². The third kappa shape index (κ3) is 6.04. The fraction of sp³-hybridized carbons (Fsp3) is 0.0417. The second-order valence-electron chi connectivity index (χ2n) is 6.46. The molecule has 3 aromatic rings. The maximum atomic E-state index is 12.5. The Morgan fingerprint density at radius 3 is 2.48 bits per heavy atom. The fourth-order valence-corrected chi connectivity index (χ4v) is 3.10. The number of ether oxygens (including phenoxy) is 1. The van der Waals surface area contributed by atoms with Gasteiger partial charge >= 0.3 is 5.97 Å². The molecule has 0 saturated heterocycles. The first-order valence-electron chi connectivity index (χ1n) is 9.19. The molecule has 0 radical (unpaired) electrons. The third-order valence-corrected chi connectivity index (χ3v) is 4.75. The van der Waals surface area contributed by atoms with Crippen LogP contribution in [0, 0.1) is 11.3 Å². The first-order chi connectivity index (χ1) is 15.0. The van der Waals surface area contributed by atoms with Crippen LogP contribution in [0.15, 0.2) is 82.8 Å². The van der Waals surface area contributed by atoms with E-state index in [1.807, 2.05) is 12.1 Å². The number of halogens is 1. The molecule has 0 aliphatic heterocycles. The highest BCUT2D eigenvalue weighted by Gasteiger charge is 2.12. The average Bonchev–Trinajstić information content (AvgIpc) is 2.77. The lowest BCUT2D eigenvalue weighted by Gasteiger charge is -2.10. The van der Waals surface area contributed by atoms with Crippen LogP contribution in [-0.2, 0) is 11.4 Å². The van der Waals surface area contributed by atoms with Crippen molar-refractivity contribution in [3.63, 3.8) is 0 Å². The Kier molecular flexibility index (Phi) is 7.20. The molecule has 1 amide bonds. The van der Waals surface area contributed by atoms with Crippen molar-refractivity contribution < 1.29 is 19.4 Å². The molecule has 0 unspecified atom stereocenters. The smallest absolute Gasteiger partial charge is 0.335 e. The number of benzene rings is 3. The molecule has 0 bridgehead atoms. The van der Waals surface area contributed by atoms with Gasteiger partial charge < -0.3 is 15.2 Å². The molecule has 6 nitrogen and oxygen atoms in total. The van der Waals surface area contributed by atoms with E-state index in [-0.39, 0.29) is 17.7 Å². The highest BCUT2D eigenvalue weighted by Crippen LogP contribution is 2.23. The van der Waals surface area contributed by atoms with Gasteiger partial charge in [-0.25, -0.2) is 4.79 Å². The molecule has 2 N–H and O–H groups in total. The SMILES string of the molecule is N#C/C(=C\c1ccccc1OCc1ccc(C(=O)O)cc1)C(=O)Nc1cccc(Br)c1. The largest absolute Gasteiger partial charge is 0.488 e. The zero-order valence-electron chi connectivity index (χ0n) is 16.2. The summed E-state index contributed by atoms with van der Waals surface area (Å²) < 4.78 is 6.65. The van der Waals surface area contributed by atoms with Crippen molar-refractivity contribution >= 4 is 39.6 Å². The number of carbonyl (C=O) groups excluding carboxylic acids is 1. The van der Waals surface area contributed by atoms with Gasteiger partial charge in [-0.1, -0.05) is 52.3 Å². The molecule has 3 rings (SSSR count). The summed E-state index contributed by atoms with van der Waals surface area (Å²) in [4.78, 5) is 23.5. The summed E-state index contributed by atoms with van der Waals surface area (Å²) in [6, 6.07) is 22.4. The third-order valence-electron chi connectivity index (χ3n) is 4.26. The summed E-state index contributed by atoms with van der Waals surface area (Å²) in [5.74, 6) is -1.03. The van der Waals surface area contributed by atoms with Crippen LogP contribution in [0.1, 0.15) is 21.5 Å². The quantitative estimate of drug-likeness (QED) is 0.357. The minimum Gasteiger partial charge on any atom is -0.488 e. The lowest BCUT2D eigenvalue weighted by atomic mass is 10.1. The van der Waals surface area contributed by atoms with E-state index >= 15 is 0 Å². The summed E-state index contributed by atoms with van der Waals surface area (Å²) in [5, 5.41) is 21.2. The van der Waals surface area contributed by atoms with E-state index in [0.29, 0.717) is 17.0 Å². The molecule has 7 heteroatoms. The van der Waals surface area contributed by atoms with Crippen LogP contribution < -0.4 is 10.1 Å². The second-order valence-corrected chi connectivity index (χ2v) is 7.38. The Balaban J connectivity index is 1.76. The van der Waals surface area contributed by atoms with E-state index in [1.165, 1.54) is 18.2 Å². The molecule has 0 aliphatic rings. The number of nitriles is 1. The van der Waals surface area contributed by atoms with Gasteiger partial charge in [-0.2, -0.15) is 5.26 Å². The van der Waals surface area contributed by atoms with Crippen molar-refractivity contribution in [2.24, 2.45) is 0 Å². The van der Waals surface area contributed by atoms with Crippen LogP contribution in [-0.4, -0.2) is 17.0 Å². The van der Waals surface area contributed by atoms with Crippen LogP contribution >= 0.6 is 15.9 Å². The Hall–Kier alpha value is -3.89. The number of carboxylic acids is 1. The average molecular weight is 477 g/mol. The van der Waals surface area contributed by atoms with Crippen molar-refractivity contribution in [2.75, 3.05) is 5.32 Å². The van der Waals surface area contributed by atoms with E-state index in [0.717, 1.165) is 10.0 Å². The maximum Gasteiger partial charge on any atom is 0.335 e. The Labute approximate surface area is 187 Å². The topological polar surface area (TPSA) is 99.4 Å². The molecule has 154 valence electrons. The summed E-state index contributed by atoms with van der Waals surface area (Å²) in [6.45, 7) is 0.205. The van der Waals surface area contributed by atoms with Gasteiger partial charge in [-0.05, 0) is 48.0 Å². The molecular formula is C24H17BrN2O4. The van der Waals surface area contributed by atoms with Crippen LogP contribution in [0.3, 0.4) is 0 Å². The van der Waals surface area contributed by atoms with Gasteiger partial charge in [-0.15, -0.1) is 0 Å². The van der Waals surface area contributed by atoms with E-state index in [2.05, 4.69) is 21.2 Å². The number of nitrogens with zero attached hydrogens (tertiary/aromatic N) is 1. The minimum absolute atomic E-state index is 0.0677. The predicted octanol–water partition coefficient (Wildman–Crippen LogP) is 5.27. The molecular weight excluding hydrogens is 460 g/mol. The second kappa shape index (κ2) is 10.2. The molecule has 31 heavy (non-hydrogen) atoms. The van der Waals surface area contributed by atoms with Crippen LogP contribution in [0.5, 0.6) is 5.75 Å². The zero-order chi connectivity index (χ0) is 22.2. The lowest BCUT2D eigenvalue weighted by Crippen LogP contribution is -2.13. The van der Waals surface area contributed by atoms with Crippen molar-refractivity contribution in [1.82, 2.24) is 0 Å². The number of aromatic carboxylic acids is 1. The number of carbonyl (C=O) groups is 2. The number of amides is 1. The molecule has 0 aromatic heterocycles. The Morgan fingerprint density at radius 1 is 1.06 bits per heavy atom. The summed E-state index contributed by atoms with van der Waals surface area (Å²) in [6.07, 6.45) is 1.47. The van der Waals surface area contributed by atoms with Crippen molar-refractivity contribution in [3.05, 3.63) is 99.5 Å². The number of hydrogen-bond donors (Lipinski definition) is 2. The highest BCUT2D eigenvalue weighted by molar-refractivity contribution is 9.10. The molecule has 0 saturated carbocycles. The molecule has 3 aromatic carbocycles. The standard InChI is InChI=1S/C24H17BrN2O4/c25-20-5-3-6-21(13-20)27-23(28)19(14-26)12-18-4-1-2-7-22(18)31-15-16-8-10-17(11-9-16)24(29)30/h1-13H,15H2,(H,27,28)(H,29,30)/b19-12+. The first-order valence-corrected chi connectivity index (χ1v) is 9.98. The van der Waals surface area contributed by atoms with Crippen molar-refractivity contribution in [2.45, 2.75) is 6.61 Å². The molecule has 0 fully saturated rings. The minimum atomic E-state index is -0.992. The van der Waals surface area contributed by atoms with Gasteiger partial charge in [0.1, 0.15) is 24.0 Å². The summed E-state index contributed by atoms with van der Waals surface area (Å²) in [7, 11) is 0. The fourth-order valence-electron chi connectivity index (χ4n) is 2.70. The monoisotopic (exact) mass is 476 g/mol. The van der Waals surface area contributed by atoms with Crippen molar-refractivity contribution in [1.29, 1.82) is 5.26 Å². The van der Waals surface area contributed by atoms with Gasteiger partial charge in [0.05, 0.1) is 5.56 Å². The molecule has 0 heterocycles. The zero-order valence-corrected chi connectivity index (χ0v) is 17.8. The number of carboxylic acid groups (broad SMARTS) is 1. The Bertz CT molecular complexity index is 1180. The van der Waals surface area contributed by atoms with E-state index in [4.69, 9.17) is 9.84 Å². The number of para-hydroxylation sites is 1. The normalized spacial score (nSPS) is 10.8. The number of anilines is 1. The summed E-state index contributed by atoms with van der Waals surface area (Å²) >= 11 is 3.34.